The van der Waals surface area contributed by atoms with E-state index in [9.17, 15) is 9.59 Å². The zero-order valence-corrected chi connectivity index (χ0v) is 19.9. The molecule has 10 heteroatoms. The first-order chi connectivity index (χ1) is 15.5. The van der Waals surface area contributed by atoms with Gasteiger partial charge in [-0.15, -0.1) is 0 Å². The van der Waals surface area contributed by atoms with Crippen LogP contribution in [0.25, 0.3) is 11.7 Å². The van der Waals surface area contributed by atoms with Crippen molar-refractivity contribution in [1.29, 1.82) is 0 Å². The molecule has 2 N–H and O–H groups in total. The largest absolute Gasteiger partial charge is 0.394 e. The fourth-order valence-electron chi connectivity index (χ4n) is 3.28. The minimum Gasteiger partial charge on any atom is -0.394 e. The summed E-state index contributed by atoms with van der Waals surface area (Å²) in [5.41, 5.74) is 1.45. The summed E-state index contributed by atoms with van der Waals surface area (Å²) in [7, 11) is 0. The Hall–Kier alpha value is -2.27. The summed E-state index contributed by atoms with van der Waals surface area (Å²) in [6.45, 7) is 5.51. The lowest BCUT2D eigenvalue weighted by Gasteiger charge is -2.13. The number of rotatable bonds is 11. The van der Waals surface area contributed by atoms with Crippen molar-refractivity contribution in [2.24, 2.45) is 0 Å². The number of hydrogen-bond acceptors (Lipinski definition) is 8. The smallest absolute Gasteiger partial charge is 0.267 e. The van der Waals surface area contributed by atoms with E-state index in [-0.39, 0.29) is 24.7 Å². The Morgan fingerprint density at radius 3 is 2.84 bits per heavy atom. The van der Waals surface area contributed by atoms with E-state index < -0.39 is 0 Å². The molecular formula is C22H28N4O4S2. The molecule has 0 saturated carbocycles. The maximum absolute atomic E-state index is 13.3. The molecule has 0 spiro atoms. The van der Waals surface area contributed by atoms with Crippen molar-refractivity contribution >= 4 is 51.7 Å². The molecule has 1 aliphatic rings. The third kappa shape index (κ3) is 5.74. The van der Waals surface area contributed by atoms with Gasteiger partial charge in [-0.05, 0) is 31.1 Å². The Morgan fingerprint density at radius 1 is 1.28 bits per heavy atom. The number of thiocarbonyl (C=S) groups is 1. The Kier molecular flexibility index (Phi) is 8.80. The number of ether oxygens (including phenoxy) is 1. The highest BCUT2D eigenvalue weighted by atomic mass is 32.2. The van der Waals surface area contributed by atoms with Gasteiger partial charge in [0.25, 0.3) is 11.5 Å². The van der Waals surface area contributed by atoms with Gasteiger partial charge in [-0.3, -0.25) is 18.9 Å². The maximum atomic E-state index is 13.3. The number of carbonyl (C=O) groups is 1. The first-order valence-corrected chi connectivity index (χ1v) is 11.9. The van der Waals surface area contributed by atoms with Crippen molar-refractivity contribution in [2.75, 3.05) is 38.2 Å². The van der Waals surface area contributed by atoms with E-state index in [4.69, 9.17) is 22.1 Å². The number of unbranched alkanes of at least 4 members (excludes halogenated alkanes) is 2. The first-order valence-electron chi connectivity index (χ1n) is 10.7. The predicted molar refractivity (Wildman–Crippen MR) is 132 cm³/mol. The van der Waals surface area contributed by atoms with Crippen molar-refractivity contribution in [2.45, 2.75) is 33.1 Å². The average Bonchev–Trinajstić information content (AvgIpc) is 3.04. The number of aromatic nitrogens is 2. The Morgan fingerprint density at radius 2 is 2.09 bits per heavy atom. The fourth-order valence-corrected chi connectivity index (χ4v) is 4.57. The first kappa shape index (κ1) is 24.4. The Bertz CT molecular complexity index is 1080. The van der Waals surface area contributed by atoms with Crippen LogP contribution in [0.5, 0.6) is 0 Å². The van der Waals surface area contributed by atoms with Crippen LogP contribution >= 0.6 is 24.0 Å². The number of nitrogens with one attached hydrogen (secondary N) is 1. The van der Waals surface area contributed by atoms with E-state index in [0.29, 0.717) is 46.0 Å². The molecule has 0 unspecified atom stereocenters. The van der Waals surface area contributed by atoms with Gasteiger partial charge >= 0.3 is 0 Å². The lowest BCUT2D eigenvalue weighted by molar-refractivity contribution is -0.122. The molecule has 1 fully saturated rings. The zero-order chi connectivity index (χ0) is 23.1. The molecule has 3 heterocycles. The van der Waals surface area contributed by atoms with Crippen molar-refractivity contribution in [3.05, 3.63) is 44.7 Å². The minimum atomic E-state index is -0.270. The highest BCUT2D eigenvalue weighted by molar-refractivity contribution is 8.26. The maximum Gasteiger partial charge on any atom is 0.267 e. The molecule has 172 valence electrons. The normalized spacial score (nSPS) is 15.3. The number of nitrogens with zero attached hydrogens (tertiary/aromatic N) is 3. The summed E-state index contributed by atoms with van der Waals surface area (Å²) in [6, 6.07) is 3.66. The van der Waals surface area contributed by atoms with Crippen LogP contribution in [0, 0.1) is 6.92 Å². The summed E-state index contributed by atoms with van der Waals surface area (Å²) in [5.74, 6) is 0.199. The van der Waals surface area contributed by atoms with Crippen LogP contribution in [0.1, 0.15) is 37.3 Å². The third-order valence-corrected chi connectivity index (χ3v) is 6.29. The molecule has 32 heavy (non-hydrogen) atoms. The SMILES string of the molecule is CCCCCN1C(=O)/C(=C\c2c(NCCOCCO)nc3ccc(C)cn3c2=O)SC1=S. The van der Waals surface area contributed by atoms with E-state index in [2.05, 4.69) is 17.2 Å². The number of aliphatic hydroxyl groups excluding tert-OH is 1. The Balaban J connectivity index is 1.95. The second kappa shape index (κ2) is 11.6. The van der Waals surface area contributed by atoms with E-state index in [1.54, 1.807) is 23.2 Å². The fraction of sp³-hybridized carbons (Fsp3) is 0.455. The van der Waals surface area contributed by atoms with Crippen LogP contribution in [0.3, 0.4) is 0 Å². The molecule has 0 bridgehead atoms. The van der Waals surface area contributed by atoms with Gasteiger partial charge in [0.05, 0.1) is 30.3 Å². The standard InChI is InChI=1S/C22H28N4O4S2/c1-3-4-5-9-25-21(29)17(32-22(25)31)13-16-19(23-8-11-30-12-10-27)24-18-7-6-15(2)14-26(18)20(16)28/h6-7,13-14,23,27H,3-5,8-12H2,1-2H3/b17-13+. The highest BCUT2D eigenvalue weighted by Crippen LogP contribution is 2.33. The van der Waals surface area contributed by atoms with Gasteiger partial charge < -0.3 is 15.2 Å². The van der Waals surface area contributed by atoms with Crippen LogP contribution in [0.4, 0.5) is 5.82 Å². The quantitative estimate of drug-likeness (QED) is 0.290. The molecule has 0 radical (unpaired) electrons. The van der Waals surface area contributed by atoms with Crippen LogP contribution in [0.15, 0.2) is 28.0 Å². The number of amides is 1. The number of anilines is 1. The van der Waals surface area contributed by atoms with Crippen LogP contribution in [-0.4, -0.2) is 62.5 Å². The van der Waals surface area contributed by atoms with E-state index >= 15 is 0 Å². The predicted octanol–water partition coefficient (Wildman–Crippen LogP) is 2.82. The molecular weight excluding hydrogens is 448 g/mol. The van der Waals surface area contributed by atoms with Crippen molar-refractivity contribution in [1.82, 2.24) is 14.3 Å². The summed E-state index contributed by atoms with van der Waals surface area (Å²) in [6.07, 6.45) is 6.28. The second-order valence-electron chi connectivity index (χ2n) is 7.42. The summed E-state index contributed by atoms with van der Waals surface area (Å²) >= 11 is 6.61. The van der Waals surface area contributed by atoms with Crippen LogP contribution in [-0.2, 0) is 9.53 Å². The number of thioether (sulfide) groups is 1. The Labute approximate surface area is 196 Å². The number of aryl methyl sites for hydroxylation is 1. The van der Waals surface area contributed by atoms with Crippen LogP contribution in [0.2, 0.25) is 0 Å². The van der Waals surface area contributed by atoms with Gasteiger partial charge in [-0.25, -0.2) is 4.98 Å². The van der Waals surface area contributed by atoms with Gasteiger partial charge in [-0.2, -0.15) is 0 Å². The zero-order valence-electron chi connectivity index (χ0n) is 18.3. The van der Waals surface area contributed by atoms with Gasteiger partial charge in [0.15, 0.2) is 0 Å². The van der Waals surface area contributed by atoms with E-state index in [0.717, 1.165) is 24.8 Å². The highest BCUT2D eigenvalue weighted by Gasteiger charge is 2.32. The molecule has 1 aliphatic heterocycles. The van der Waals surface area contributed by atoms with Gasteiger partial charge in [0.1, 0.15) is 15.8 Å². The summed E-state index contributed by atoms with van der Waals surface area (Å²) in [4.78, 5) is 32.9. The number of aliphatic hydroxyl groups is 1. The molecule has 0 aromatic carbocycles. The number of carbonyl (C=O) groups excluding carboxylic acids is 1. The lowest BCUT2D eigenvalue weighted by atomic mass is 10.2. The third-order valence-electron chi connectivity index (χ3n) is 4.91. The monoisotopic (exact) mass is 476 g/mol. The van der Waals surface area contributed by atoms with E-state index in [1.165, 1.54) is 16.2 Å². The topological polar surface area (TPSA) is 96.2 Å². The molecule has 0 atom stereocenters. The number of hydrogen-bond donors (Lipinski definition) is 2. The number of fused-ring (bicyclic) bond motifs is 1. The van der Waals surface area contributed by atoms with Gasteiger partial charge in [-0.1, -0.05) is 49.8 Å². The summed E-state index contributed by atoms with van der Waals surface area (Å²) < 4.78 is 7.27. The van der Waals surface area contributed by atoms with Crippen molar-refractivity contribution < 1.29 is 14.6 Å². The van der Waals surface area contributed by atoms with Gasteiger partial charge in [0, 0.05) is 19.3 Å². The van der Waals surface area contributed by atoms with Crippen LogP contribution < -0.4 is 10.9 Å². The minimum absolute atomic E-state index is 0.0553. The lowest BCUT2D eigenvalue weighted by Crippen LogP contribution is -2.29. The van der Waals surface area contributed by atoms with Gasteiger partial charge in [0.2, 0.25) is 0 Å². The molecule has 0 aliphatic carbocycles. The number of pyridine rings is 1. The van der Waals surface area contributed by atoms with Crippen molar-refractivity contribution in [3.63, 3.8) is 0 Å². The van der Waals surface area contributed by atoms with Crippen molar-refractivity contribution in [3.8, 4) is 0 Å². The average molecular weight is 477 g/mol. The molecule has 2 aromatic heterocycles. The molecule has 1 amide bonds. The molecule has 2 aromatic rings. The summed E-state index contributed by atoms with van der Waals surface area (Å²) in [5, 5.41) is 12.0. The molecule has 1 saturated heterocycles. The molecule has 3 rings (SSSR count). The molecule has 8 nitrogen and oxygen atoms in total. The second-order valence-corrected chi connectivity index (χ2v) is 9.09. The van der Waals surface area contributed by atoms with E-state index in [1.807, 2.05) is 13.0 Å².